The van der Waals surface area contributed by atoms with Gasteiger partial charge < -0.3 is 24.1 Å². The summed E-state index contributed by atoms with van der Waals surface area (Å²) in [4.78, 5) is 13.0. The summed E-state index contributed by atoms with van der Waals surface area (Å²) in [7, 11) is 3.06. The van der Waals surface area contributed by atoms with E-state index in [0.717, 1.165) is 16.7 Å². The largest absolute Gasteiger partial charge is 0.507 e. The number of carbonyl (C=O) groups excluding carboxylic acids is 1. The van der Waals surface area contributed by atoms with Crippen molar-refractivity contribution in [2.75, 3.05) is 27.4 Å². The Bertz CT molecular complexity index is 1050. The molecule has 0 saturated heterocycles. The van der Waals surface area contributed by atoms with Crippen LogP contribution in [0.1, 0.15) is 43.6 Å². The van der Waals surface area contributed by atoms with Crippen molar-refractivity contribution in [1.29, 1.82) is 0 Å². The molecular weight excluding hydrogens is 420 g/mol. The highest BCUT2D eigenvalue weighted by Crippen LogP contribution is 2.34. The molecule has 0 unspecified atom stereocenters. The average Bonchev–Trinajstić information content (AvgIpc) is 2.76. The van der Waals surface area contributed by atoms with Crippen LogP contribution in [0, 0.1) is 0 Å². The summed E-state index contributed by atoms with van der Waals surface area (Å²) in [6, 6.07) is 8.36. The maximum atomic E-state index is 13.0. The molecule has 0 amide bonds. The summed E-state index contributed by atoms with van der Waals surface area (Å²) < 4.78 is 22.1. The highest BCUT2D eigenvalue weighted by molar-refractivity contribution is 6.10. The first-order valence-corrected chi connectivity index (χ1v) is 10.6. The molecular formula is C27H32O6. The zero-order valence-electron chi connectivity index (χ0n) is 20.1. The summed E-state index contributed by atoms with van der Waals surface area (Å²) in [6.07, 6.45) is 6.89. The zero-order valence-corrected chi connectivity index (χ0v) is 20.1. The molecule has 0 aliphatic rings. The molecule has 33 heavy (non-hydrogen) atoms. The maximum absolute atomic E-state index is 13.0. The molecule has 0 heterocycles. The Morgan fingerprint density at radius 2 is 1.48 bits per heavy atom. The van der Waals surface area contributed by atoms with Gasteiger partial charge in [0.25, 0.3) is 0 Å². The Labute approximate surface area is 195 Å². The topological polar surface area (TPSA) is 74.2 Å². The molecule has 0 bridgehead atoms. The standard InChI is InChI=1S/C27H32O6/c1-18(2)11-13-32-25-15-20(8-10-24(25)31-6)7-9-22(28)27-23(29)16-21(30-5)17-26(27)33-14-12-19(3)4/h7-12,15-17,29H,13-14H2,1-6H3/b9-7+. The van der Waals surface area contributed by atoms with Gasteiger partial charge in [0.1, 0.15) is 36.0 Å². The maximum Gasteiger partial charge on any atom is 0.193 e. The van der Waals surface area contributed by atoms with Crippen LogP contribution in [0.2, 0.25) is 0 Å². The first-order chi connectivity index (χ1) is 15.7. The second-order valence-corrected chi connectivity index (χ2v) is 7.81. The lowest BCUT2D eigenvalue weighted by atomic mass is 10.1. The van der Waals surface area contributed by atoms with Gasteiger partial charge >= 0.3 is 0 Å². The van der Waals surface area contributed by atoms with Crippen molar-refractivity contribution >= 4 is 11.9 Å². The number of hydrogen-bond donors (Lipinski definition) is 1. The zero-order chi connectivity index (χ0) is 24.4. The predicted molar refractivity (Wildman–Crippen MR) is 131 cm³/mol. The summed E-state index contributed by atoms with van der Waals surface area (Å²) in [5, 5.41) is 10.5. The fourth-order valence-electron chi connectivity index (χ4n) is 2.82. The molecule has 6 heteroatoms. The van der Waals surface area contributed by atoms with Gasteiger partial charge in [-0.2, -0.15) is 0 Å². The van der Waals surface area contributed by atoms with Crippen molar-refractivity contribution in [2.24, 2.45) is 0 Å². The smallest absolute Gasteiger partial charge is 0.193 e. The van der Waals surface area contributed by atoms with Crippen LogP contribution in [0.15, 0.2) is 59.7 Å². The highest BCUT2D eigenvalue weighted by Gasteiger charge is 2.18. The number of carbonyl (C=O) groups is 1. The summed E-state index contributed by atoms with van der Waals surface area (Å²) in [5.74, 6) is 1.21. The highest BCUT2D eigenvalue weighted by atomic mass is 16.5. The van der Waals surface area contributed by atoms with Gasteiger partial charge in [0.2, 0.25) is 0 Å². The number of hydrogen-bond acceptors (Lipinski definition) is 6. The lowest BCUT2D eigenvalue weighted by Gasteiger charge is -2.12. The Balaban J connectivity index is 2.30. The van der Waals surface area contributed by atoms with E-state index in [-0.39, 0.29) is 23.7 Å². The number of rotatable bonds is 11. The molecule has 0 spiro atoms. The Hall–Kier alpha value is -3.67. The molecule has 0 radical (unpaired) electrons. The lowest BCUT2D eigenvalue weighted by molar-refractivity contribution is 0.104. The Morgan fingerprint density at radius 3 is 2.06 bits per heavy atom. The van der Waals surface area contributed by atoms with Gasteiger partial charge in [-0.15, -0.1) is 0 Å². The molecule has 0 fully saturated rings. The van der Waals surface area contributed by atoms with Crippen LogP contribution in [0.25, 0.3) is 6.08 Å². The van der Waals surface area contributed by atoms with Crippen molar-refractivity contribution < 1.29 is 28.8 Å². The summed E-state index contributed by atoms with van der Waals surface area (Å²) >= 11 is 0. The molecule has 2 rings (SSSR count). The van der Waals surface area contributed by atoms with Crippen molar-refractivity contribution in [1.82, 2.24) is 0 Å². The van der Waals surface area contributed by atoms with E-state index < -0.39 is 5.78 Å². The van der Waals surface area contributed by atoms with Crippen molar-refractivity contribution in [3.63, 3.8) is 0 Å². The van der Waals surface area contributed by atoms with E-state index in [1.807, 2.05) is 45.9 Å². The van der Waals surface area contributed by atoms with Crippen LogP contribution in [0.4, 0.5) is 0 Å². The van der Waals surface area contributed by atoms with E-state index in [0.29, 0.717) is 23.9 Å². The fraction of sp³-hybridized carbons (Fsp3) is 0.296. The van der Waals surface area contributed by atoms with Crippen LogP contribution in [0.5, 0.6) is 28.7 Å². The van der Waals surface area contributed by atoms with Crippen LogP contribution < -0.4 is 18.9 Å². The molecule has 1 N–H and O–H groups in total. The number of aromatic hydroxyl groups is 1. The average molecular weight is 453 g/mol. The minimum absolute atomic E-state index is 0.0720. The molecule has 0 aromatic heterocycles. The third kappa shape index (κ3) is 7.75. The minimum atomic E-state index is -0.398. The quantitative estimate of drug-likeness (QED) is 0.256. The van der Waals surface area contributed by atoms with Gasteiger partial charge in [0.05, 0.1) is 14.2 Å². The van der Waals surface area contributed by atoms with Crippen molar-refractivity contribution in [2.45, 2.75) is 27.7 Å². The van der Waals surface area contributed by atoms with Gasteiger partial charge in [-0.05, 0) is 63.6 Å². The normalized spacial score (nSPS) is 10.5. The van der Waals surface area contributed by atoms with Crippen LogP contribution in [0.3, 0.4) is 0 Å². The van der Waals surface area contributed by atoms with Gasteiger partial charge in [-0.25, -0.2) is 0 Å². The van der Waals surface area contributed by atoms with E-state index in [4.69, 9.17) is 18.9 Å². The molecule has 2 aromatic carbocycles. The molecule has 0 saturated carbocycles. The van der Waals surface area contributed by atoms with Crippen molar-refractivity contribution in [3.8, 4) is 28.7 Å². The number of phenols is 1. The number of ether oxygens (including phenoxy) is 4. The van der Waals surface area contributed by atoms with Gasteiger partial charge in [-0.3, -0.25) is 4.79 Å². The lowest BCUT2D eigenvalue weighted by Crippen LogP contribution is -2.04. The molecule has 2 aromatic rings. The fourth-order valence-corrected chi connectivity index (χ4v) is 2.82. The van der Waals surface area contributed by atoms with E-state index in [1.54, 1.807) is 31.4 Å². The van der Waals surface area contributed by atoms with E-state index in [1.165, 1.54) is 19.3 Å². The Morgan fingerprint density at radius 1 is 0.848 bits per heavy atom. The van der Waals surface area contributed by atoms with Gasteiger partial charge in [-0.1, -0.05) is 23.3 Å². The van der Waals surface area contributed by atoms with Crippen LogP contribution in [-0.2, 0) is 0 Å². The van der Waals surface area contributed by atoms with Crippen LogP contribution in [-0.4, -0.2) is 38.3 Å². The first-order valence-electron chi connectivity index (χ1n) is 10.6. The number of phenolic OH excluding ortho intramolecular Hbond substituents is 1. The van der Waals surface area contributed by atoms with E-state index >= 15 is 0 Å². The van der Waals surface area contributed by atoms with Crippen molar-refractivity contribution in [3.05, 3.63) is 70.8 Å². The molecule has 6 nitrogen and oxygen atoms in total. The monoisotopic (exact) mass is 452 g/mol. The van der Waals surface area contributed by atoms with Gasteiger partial charge in [0.15, 0.2) is 17.3 Å². The minimum Gasteiger partial charge on any atom is -0.507 e. The first kappa shape index (κ1) is 25.6. The van der Waals surface area contributed by atoms with Gasteiger partial charge in [0, 0.05) is 12.1 Å². The second kappa shape index (κ2) is 12.4. The summed E-state index contributed by atoms with van der Waals surface area (Å²) in [5.41, 5.74) is 3.05. The summed E-state index contributed by atoms with van der Waals surface area (Å²) in [6.45, 7) is 8.58. The molecule has 0 aliphatic carbocycles. The number of ketones is 1. The molecule has 0 aliphatic heterocycles. The number of methoxy groups -OCH3 is 2. The molecule has 176 valence electrons. The van der Waals surface area contributed by atoms with E-state index in [2.05, 4.69) is 0 Å². The number of benzene rings is 2. The SMILES string of the molecule is COc1cc(O)c(C(=O)/C=C/c2ccc(OC)c(OCC=C(C)C)c2)c(OCC=C(C)C)c1. The second-order valence-electron chi connectivity index (χ2n) is 7.81. The predicted octanol–water partition coefficient (Wildman–Crippen LogP) is 6.00. The third-order valence-electron chi connectivity index (χ3n) is 4.61. The van der Waals surface area contributed by atoms with Crippen LogP contribution >= 0.6 is 0 Å². The third-order valence-corrected chi connectivity index (χ3v) is 4.61. The van der Waals surface area contributed by atoms with E-state index in [9.17, 15) is 9.90 Å². The number of allylic oxidation sites excluding steroid dienone is 3. The molecule has 0 atom stereocenters. The Kier molecular flexibility index (Phi) is 9.61.